The van der Waals surface area contributed by atoms with E-state index in [9.17, 15) is 10.1 Å². The van der Waals surface area contributed by atoms with Crippen LogP contribution in [0.1, 0.15) is 13.3 Å². The number of nitrogens with zero attached hydrogens (tertiary/aromatic N) is 3. The second-order valence-corrected chi connectivity index (χ2v) is 5.24. The number of nitrogens with one attached hydrogen (secondary N) is 1. The van der Waals surface area contributed by atoms with Crippen LogP contribution in [0.2, 0.25) is 0 Å². The van der Waals surface area contributed by atoms with E-state index in [0.29, 0.717) is 6.04 Å². The van der Waals surface area contributed by atoms with Crippen LogP contribution in [0, 0.1) is 10.1 Å². The second kappa shape index (κ2) is 5.65. The van der Waals surface area contributed by atoms with Crippen LogP contribution in [-0.4, -0.2) is 35.6 Å². The van der Waals surface area contributed by atoms with Crippen molar-refractivity contribution in [3.05, 3.63) is 40.4 Å². The molecule has 21 heavy (non-hydrogen) atoms. The molecule has 1 aliphatic rings. The average molecular weight is 286 g/mol. The van der Waals surface area contributed by atoms with Crippen LogP contribution in [0.25, 0.3) is 10.9 Å². The van der Waals surface area contributed by atoms with Crippen molar-refractivity contribution in [1.82, 2.24) is 10.3 Å². The van der Waals surface area contributed by atoms with Gasteiger partial charge in [0.2, 0.25) is 0 Å². The standard InChI is InChI=1S/C15H18N4O2/c1-2-18(13-7-8-16-10-13)15-6-3-11-9-12(19(20)21)4-5-14(11)17-15/h3-6,9,13,16H,2,7-8,10H2,1H3. The van der Waals surface area contributed by atoms with Gasteiger partial charge in [0.1, 0.15) is 5.82 Å². The number of hydrogen-bond donors (Lipinski definition) is 1. The molecule has 2 heterocycles. The predicted octanol–water partition coefficient (Wildman–Crippen LogP) is 2.33. The third kappa shape index (κ3) is 2.67. The molecule has 0 radical (unpaired) electrons. The van der Waals surface area contributed by atoms with Gasteiger partial charge in [0.25, 0.3) is 5.69 Å². The number of benzene rings is 1. The number of pyridine rings is 1. The topological polar surface area (TPSA) is 71.3 Å². The van der Waals surface area contributed by atoms with E-state index < -0.39 is 0 Å². The van der Waals surface area contributed by atoms with Crippen LogP contribution in [0.3, 0.4) is 0 Å². The Kier molecular flexibility index (Phi) is 3.70. The van der Waals surface area contributed by atoms with Gasteiger partial charge in [-0.25, -0.2) is 4.98 Å². The van der Waals surface area contributed by atoms with Gasteiger partial charge in [-0.15, -0.1) is 0 Å². The maximum atomic E-state index is 10.8. The maximum absolute atomic E-state index is 10.8. The molecule has 1 aromatic heterocycles. The summed E-state index contributed by atoms with van der Waals surface area (Å²) in [4.78, 5) is 17.4. The van der Waals surface area contributed by atoms with Crippen LogP contribution in [0.5, 0.6) is 0 Å². The zero-order valence-corrected chi connectivity index (χ0v) is 12.0. The predicted molar refractivity (Wildman–Crippen MR) is 82.7 cm³/mol. The summed E-state index contributed by atoms with van der Waals surface area (Å²) in [6.45, 7) is 5.05. The van der Waals surface area contributed by atoms with E-state index >= 15 is 0 Å². The first-order valence-electron chi connectivity index (χ1n) is 7.21. The average Bonchev–Trinajstić information content (AvgIpc) is 3.01. The minimum absolute atomic E-state index is 0.101. The zero-order chi connectivity index (χ0) is 14.8. The van der Waals surface area contributed by atoms with E-state index in [4.69, 9.17) is 0 Å². The number of fused-ring (bicyclic) bond motifs is 1. The van der Waals surface area contributed by atoms with Gasteiger partial charge in [-0.2, -0.15) is 0 Å². The normalized spacial score (nSPS) is 18.0. The molecule has 1 fully saturated rings. The highest BCUT2D eigenvalue weighted by Crippen LogP contribution is 2.24. The first-order chi connectivity index (χ1) is 10.2. The van der Waals surface area contributed by atoms with Crippen molar-refractivity contribution in [2.75, 3.05) is 24.5 Å². The maximum Gasteiger partial charge on any atom is 0.270 e. The lowest BCUT2D eigenvalue weighted by Crippen LogP contribution is -2.37. The molecule has 6 heteroatoms. The van der Waals surface area contributed by atoms with Crippen molar-refractivity contribution in [2.45, 2.75) is 19.4 Å². The molecule has 0 amide bonds. The lowest BCUT2D eigenvalue weighted by atomic mass is 10.1. The molecule has 0 bridgehead atoms. The molecule has 6 nitrogen and oxygen atoms in total. The van der Waals surface area contributed by atoms with Crippen LogP contribution < -0.4 is 10.2 Å². The van der Waals surface area contributed by atoms with Crippen LogP contribution in [0.15, 0.2) is 30.3 Å². The summed E-state index contributed by atoms with van der Waals surface area (Å²) in [7, 11) is 0. The van der Waals surface area contributed by atoms with Gasteiger partial charge in [-0.05, 0) is 38.1 Å². The molecule has 1 saturated heterocycles. The third-order valence-corrected chi connectivity index (χ3v) is 3.98. The minimum atomic E-state index is -0.379. The Morgan fingerprint density at radius 3 is 2.95 bits per heavy atom. The molecular formula is C15H18N4O2. The fourth-order valence-electron chi connectivity index (χ4n) is 2.89. The number of hydrogen-bond acceptors (Lipinski definition) is 5. The number of likely N-dealkylation sites (N-methyl/N-ethyl adjacent to an activating group) is 1. The largest absolute Gasteiger partial charge is 0.353 e. The lowest BCUT2D eigenvalue weighted by molar-refractivity contribution is -0.384. The number of nitro benzene ring substituents is 1. The second-order valence-electron chi connectivity index (χ2n) is 5.24. The molecule has 0 saturated carbocycles. The lowest BCUT2D eigenvalue weighted by Gasteiger charge is -2.28. The van der Waals surface area contributed by atoms with Crippen LogP contribution in [0.4, 0.5) is 11.5 Å². The highest BCUT2D eigenvalue weighted by Gasteiger charge is 2.22. The van der Waals surface area contributed by atoms with E-state index in [1.807, 2.05) is 12.1 Å². The Morgan fingerprint density at radius 2 is 2.29 bits per heavy atom. The number of aromatic nitrogens is 1. The molecular weight excluding hydrogens is 268 g/mol. The molecule has 3 rings (SSSR count). The third-order valence-electron chi connectivity index (χ3n) is 3.98. The number of rotatable bonds is 4. The summed E-state index contributed by atoms with van der Waals surface area (Å²) >= 11 is 0. The van der Waals surface area contributed by atoms with E-state index in [2.05, 4.69) is 22.1 Å². The minimum Gasteiger partial charge on any atom is -0.353 e. The SMILES string of the molecule is CCN(c1ccc2cc([N+](=O)[O-])ccc2n1)C1CCNC1. The Bertz CT molecular complexity index is 668. The van der Waals surface area contributed by atoms with Crippen molar-refractivity contribution >= 4 is 22.4 Å². The van der Waals surface area contributed by atoms with Gasteiger partial charge in [0.05, 0.1) is 10.4 Å². The summed E-state index contributed by atoms with van der Waals surface area (Å²) in [5.74, 6) is 0.938. The molecule has 1 aliphatic heterocycles. The van der Waals surface area contributed by atoms with Gasteiger partial charge in [0, 0.05) is 36.7 Å². The number of anilines is 1. The smallest absolute Gasteiger partial charge is 0.270 e. The van der Waals surface area contributed by atoms with Crippen molar-refractivity contribution in [2.24, 2.45) is 0 Å². The highest BCUT2D eigenvalue weighted by molar-refractivity contribution is 5.82. The fourth-order valence-corrected chi connectivity index (χ4v) is 2.89. The summed E-state index contributed by atoms with van der Waals surface area (Å²) in [5, 5.41) is 15.0. The van der Waals surface area contributed by atoms with E-state index in [-0.39, 0.29) is 10.6 Å². The molecule has 0 aliphatic carbocycles. The molecule has 1 N–H and O–H groups in total. The summed E-state index contributed by atoms with van der Waals surface area (Å²) in [5.41, 5.74) is 0.895. The van der Waals surface area contributed by atoms with E-state index in [1.54, 1.807) is 12.1 Å². The molecule has 2 aromatic rings. The fraction of sp³-hybridized carbons (Fsp3) is 0.400. The Labute approximate surface area is 122 Å². The Balaban J connectivity index is 1.96. The van der Waals surface area contributed by atoms with E-state index in [1.165, 1.54) is 6.07 Å². The van der Waals surface area contributed by atoms with Crippen molar-refractivity contribution < 1.29 is 4.92 Å². The highest BCUT2D eigenvalue weighted by atomic mass is 16.6. The van der Waals surface area contributed by atoms with Crippen LogP contribution >= 0.6 is 0 Å². The molecule has 0 spiro atoms. The van der Waals surface area contributed by atoms with Crippen molar-refractivity contribution in [1.29, 1.82) is 0 Å². The molecule has 1 unspecified atom stereocenters. The van der Waals surface area contributed by atoms with Gasteiger partial charge in [0.15, 0.2) is 0 Å². The molecule has 1 aromatic carbocycles. The first-order valence-corrected chi connectivity index (χ1v) is 7.21. The van der Waals surface area contributed by atoms with Crippen molar-refractivity contribution in [3.63, 3.8) is 0 Å². The summed E-state index contributed by atoms with van der Waals surface area (Å²) in [6, 6.07) is 9.13. The monoisotopic (exact) mass is 286 g/mol. The zero-order valence-electron chi connectivity index (χ0n) is 12.0. The molecule has 110 valence electrons. The summed E-state index contributed by atoms with van der Waals surface area (Å²) in [6.07, 6.45) is 1.12. The van der Waals surface area contributed by atoms with E-state index in [0.717, 1.165) is 42.8 Å². The number of nitro groups is 1. The van der Waals surface area contributed by atoms with Gasteiger partial charge in [-0.1, -0.05) is 0 Å². The molecule has 1 atom stereocenters. The van der Waals surface area contributed by atoms with Gasteiger partial charge in [-0.3, -0.25) is 10.1 Å². The van der Waals surface area contributed by atoms with Gasteiger partial charge < -0.3 is 10.2 Å². The first kappa shape index (κ1) is 13.8. The van der Waals surface area contributed by atoms with Crippen molar-refractivity contribution in [3.8, 4) is 0 Å². The summed E-state index contributed by atoms with van der Waals surface area (Å²) < 4.78 is 0. The Hall–Kier alpha value is -2.21. The van der Waals surface area contributed by atoms with Crippen LogP contribution in [-0.2, 0) is 0 Å². The van der Waals surface area contributed by atoms with Gasteiger partial charge >= 0.3 is 0 Å². The quantitative estimate of drug-likeness (QED) is 0.690. The Morgan fingerprint density at radius 1 is 1.43 bits per heavy atom. The number of non-ortho nitro benzene ring substituents is 1.